The van der Waals surface area contributed by atoms with Crippen LogP contribution in [0.3, 0.4) is 0 Å². The minimum Gasteiger partial charge on any atom is -0.321 e. The fourth-order valence-corrected chi connectivity index (χ4v) is 1.60. The Morgan fingerprint density at radius 3 is 3.00 bits per heavy atom. The second-order valence-electron chi connectivity index (χ2n) is 2.25. The molecule has 0 fully saturated rings. The van der Waals surface area contributed by atoms with Gasteiger partial charge in [0.15, 0.2) is 0 Å². The van der Waals surface area contributed by atoms with Crippen molar-refractivity contribution in [2.45, 2.75) is 6.42 Å². The van der Waals surface area contributed by atoms with Crippen molar-refractivity contribution >= 4 is 29.9 Å². The summed E-state index contributed by atoms with van der Waals surface area (Å²) in [7, 11) is 0. The van der Waals surface area contributed by atoms with Gasteiger partial charge in [-0.15, -0.1) is 24.0 Å². The van der Waals surface area contributed by atoms with Crippen molar-refractivity contribution in [3.8, 4) is 0 Å². The Labute approximate surface area is 80.7 Å². The molecule has 1 amide bonds. The van der Waals surface area contributed by atoms with Gasteiger partial charge < -0.3 is 5.32 Å². The van der Waals surface area contributed by atoms with Gasteiger partial charge in [-0.05, 0) is 11.4 Å². The van der Waals surface area contributed by atoms with Gasteiger partial charge in [0.1, 0.15) is 0 Å². The summed E-state index contributed by atoms with van der Waals surface area (Å²) >= 11 is 5.43. The SMILES string of the molecule is C=C(S)NC(=O)Cc1cccs1. The molecule has 1 rings (SSSR count). The van der Waals surface area contributed by atoms with E-state index in [-0.39, 0.29) is 5.91 Å². The summed E-state index contributed by atoms with van der Waals surface area (Å²) in [5, 5.41) is 4.85. The van der Waals surface area contributed by atoms with Crippen LogP contribution in [0.1, 0.15) is 4.88 Å². The number of hydrogen-bond donors (Lipinski definition) is 2. The summed E-state index contributed by atoms with van der Waals surface area (Å²) in [5.74, 6) is -0.0718. The lowest BCUT2D eigenvalue weighted by atomic mass is 10.3. The smallest absolute Gasteiger partial charge is 0.229 e. The van der Waals surface area contributed by atoms with E-state index in [2.05, 4.69) is 24.5 Å². The van der Waals surface area contributed by atoms with E-state index in [1.165, 1.54) is 0 Å². The number of hydrogen-bond acceptors (Lipinski definition) is 3. The highest BCUT2D eigenvalue weighted by Gasteiger charge is 2.02. The van der Waals surface area contributed by atoms with Crippen LogP contribution in [0.4, 0.5) is 0 Å². The first-order valence-corrected chi connectivity index (χ1v) is 4.71. The molecule has 0 saturated heterocycles. The highest BCUT2D eigenvalue weighted by Crippen LogP contribution is 2.09. The van der Waals surface area contributed by atoms with E-state index in [4.69, 9.17) is 0 Å². The molecule has 0 aliphatic carbocycles. The molecule has 1 aromatic rings. The largest absolute Gasteiger partial charge is 0.321 e. The van der Waals surface area contributed by atoms with Crippen molar-refractivity contribution in [2.24, 2.45) is 0 Å². The summed E-state index contributed by atoms with van der Waals surface area (Å²) in [4.78, 5) is 12.2. The molecule has 4 heteroatoms. The number of nitrogens with one attached hydrogen (secondary N) is 1. The van der Waals surface area contributed by atoms with Crippen LogP contribution in [0.25, 0.3) is 0 Å². The van der Waals surface area contributed by atoms with Crippen molar-refractivity contribution in [1.82, 2.24) is 5.32 Å². The monoisotopic (exact) mass is 199 g/mol. The predicted molar refractivity (Wildman–Crippen MR) is 54.3 cm³/mol. The van der Waals surface area contributed by atoms with Gasteiger partial charge in [-0.25, -0.2) is 0 Å². The minimum absolute atomic E-state index is 0.0718. The minimum atomic E-state index is -0.0718. The van der Waals surface area contributed by atoms with Crippen LogP contribution in [-0.4, -0.2) is 5.91 Å². The predicted octanol–water partition coefficient (Wildman–Crippen LogP) is 1.81. The zero-order valence-electron chi connectivity index (χ0n) is 6.41. The molecule has 1 heterocycles. The Balaban J connectivity index is 2.42. The van der Waals surface area contributed by atoms with Gasteiger partial charge in [-0.2, -0.15) is 0 Å². The topological polar surface area (TPSA) is 29.1 Å². The Hall–Kier alpha value is -0.740. The number of carbonyl (C=O) groups is 1. The zero-order valence-corrected chi connectivity index (χ0v) is 8.12. The van der Waals surface area contributed by atoms with Gasteiger partial charge >= 0.3 is 0 Å². The average Bonchev–Trinajstić information content (AvgIpc) is 2.37. The van der Waals surface area contributed by atoms with E-state index >= 15 is 0 Å². The normalized spacial score (nSPS) is 9.42. The summed E-state index contributed by atoms with van der Waals surface area (Å²) in [5.41, 5.74) is 0. The Morgan fingerprint density at radius 2 is 2.50 bits per heavy atom. The third-order valence-electron chi connectivity index (χ3n) is 1.20. The third-order valence-corrected chi connectivity index (χ3v) is 2.19. The zero-order chi connectivity index (χ0) is 8.97. The molecule has 64 valence electrons. The van der Waals surface area contributed by atoms with Crippen LogP contribution < -0.4 is 5.32 Å². The second kappa shape index (κ2) is 4.33. The van der Waals surface area contributed by atoms with E-state index in [1.807, 2.05) is 17.5 Å². The highest BCUT2D eigenvalue weighted by atomic mass is 32.1. The van der Waals surface area contributed by atoms with Crippen molar-refractivity contribution in [1.29, 1.82) is 0 Å². The molecule has 1 aromatic heterocycles. The Kier molecular flexibility index (Phi) is 3.37. The summed E-state index contributed by atoms with van der Waals surface area (Å²) < 4.78 is 0. The molecule has 1 N–H and O–H groups in total. The maximum Gasteiger partial charge on any atom is 0.229 e. The van der Waals surface area contributed by atoms with E-state index in [9.17, 15) is 4.79 Å². The lowest BCUT2D eigenvalue weighted by Gasteiger charge is -2.00. The first-order chi connectivity index (χ1) is 5.68. The second-order valence-corrected chi connectivity index (χ2v) is 3.82. The summed E-state index contributed by atoms with van der Waals surface area (Å²) in [6.45, 7) is 3.46. The molecule has 0 unspecified atom stereocenters. The first-order valence-electron chi connectivity index (χ1n) is 3.38. The van der Waals surface area contributed by atoms with Crippen LogP contribution in [0.5, 0.6) is 0 Å². The molecule has 2 nitrogen and oxygen atoms in total. The third kappa shape index (κ3) is 3.11. The highest BCUT2D eigenvalue weighted by molar-refractivity contribution is 7.84. The van der Waals surface area contributed by atoms with Crippen molar-refractivity contribution in [3.63, 3.8) is 0 Å². The molecular weight excluding hydrogens is 190 g/mol. The van der Waals surface area contributed by atoms with Crippen molar-refractivity contribution < 1.29 is 4.79 Å². The van der Waals surface area contributed by atoms with Crippen LogP contribution in [-0.2, 0) is 11.2 Å². The van der Waals surface area contributed by atoms with Gasteiger partial charge in [-0.1, -0.05) is 12.6 Å². The quantitative estimate of drug-likeness (QED) is 0.714. The summed E-state index contributed by atoms with van der Waals surface area (Å²) in [6, 6.07) is 3.84. The van der Waals surface area contributed by atoms with Crippen LogP contribution in [0, 0.1) is 0 Å². The maximum atomic E-state index is 11.1. The number of thiophene rings is 1. The standard InChI is InChI=1S/C8H9NOS2/c1-6(11)9-8(10)5-7-3-2-4-12-7/h2-4,11H,1,5H2,(H,9,10). The number of amides is 1. The Bertz CT molecular complexity index is 279. The number of thiol groups is 1. The molecule has 0 bridgehead atoms. The van der Waals surface area contributed by atoms with E-state index in [1.54, 1.807) is 11.3 Å². The molecule has 12 heavy (non-hydrogen) atoms. The molecule has 0 aliphatic heterocycles. The molecular formula is C8H9NOS2. The van der Waals surface area contributed by atoms with E-state index < -0.39 is 0 Å². The first kappa shape index (κ1) is 9.35. The molecule has 0 saturated carbocycles. The average molecular weight is 199 g/mol. The van der Waals surface area contributed by atoms with Gasteiger partial charge in [-0.3, -0.25) is 4.79 Å². The lowest BCUT2D eigenvalue weighted by molar-refractivity contribution is -0.119. The van der Waals surface area contributed by atoms with Gasteiger partial charge in [0.25, 0.3) is 0 Å². The maximum absolute atomic E-state index is 11.1. The summed E-state index contributed by atoms with van der Waals surface area (Å²) in [6.07, 6.45) is 0.400. The molecule has 0 atom stereocenters. The molecule has 0 aromatic carbocycles. The van der Waals surface area contributed by atoms with E-state index in [0.29, 0.717) is 11.4 Å². The Morgan fingerprint density at radius 1 is 1.75 bits per heavy atom. The van der Waals surface area contributed by atoms with Crippen molar-refractivity contribution in [2.75, 3.05) is 0 Å². The fourth-order valence-electron chi connectivity index (χ4n) is 0.777. The fraction of sp³-hybridized carbons (Fsp3) is 0.125. The lowest BCUT2D eigenvalue weighted by Crippen LogP contribution is -2.21. The van der Waals surface area contributed by atoms with Crippen molar-refractivity contribution in [3.05, 3.63) is 34.0 Å². The van der Waals surface area contributed by atoms with Crippen LogP contribution in [0.15, 0.2) is 29.1 Å². The molecule has 0 radical (unpaired) electrons. The molecule has 0 aliphatic rings. The van der Waals surface area contributed by atoms with Crippen LogP contribution in [0.2, 0.25) is 0 Å². The molecule has 0 spiro atoms. The number of carbonyl (C=O) groups excluding carboxylic acids is 1. The van der Waals surface area contributed by atoms with Gasteiger partial charge in [0.2, 0.25) is 5.91 Å². The van der Waals surface area contributed by atoms with Gasteiger partial charge in [0, 0.05) is 4.88 Å². The number of rotatable bonds is 3. The van der Waals surface area contributed by atoms with E-state index in [0.717, 1.165) is 4.88 Å². The van der Waals surface area contributed by atoms with Crippen LogP contribution >= 0.6 is 24.0 Å². The van der Waals surface area contributed by atoms with Gasteiger partial charge in [0.05, 0.1) is 11.4 Å².